The highest BCUT2D eigenvalue weighted by Gasteiger charge is 2.34. The first-order valence-electron chi connectivity index (χ1n) is 6.40. The molecule has 2 rings (SSSR count). The van der Waals surface area contributed by atoms with E-state index in [2.05, 4.69) is 4.98 Å². The average molecular weight is 295 g/mol. The van der Waals surface area contributed by atoms with E-state index in [9.17, 15) is 13.2 Å². The summed E-state index contributed by atoms with van der Waals surface area (Å²) in [5.74, 6) is -0.392. The molecule has 1 aromatic carbocycles. The molecule has 1 heterocycles. The number of pyridine rings is 1. The van der Waals surface area contributed by atoms with Gasteiger partial charge in [0.1, 0.15) is 11.5 Å². The molecule has 0 fully saturated rings. The van der Waals surface area contributed by atoms with Crippen molar-refractivity contribution in [3.8, 4) is 0 Å². The van der Waals surface area contributed by atoms with Crippen molar-refractivity contribution in [2.24, 2.45) is 11.5 Å². The summed E-state index contributed by atoms with van der Waals surface area (Å²) in [5.41, 5.74) is 12.0. The van der Waals surface area contributed by atoms with Gasteiger partial charge in [-0.3, -0.25) is 4.98 Å². The Labute approximate surface area is 120 Å². The molecular formula is C15H16F3N3. The fraction of sp³-hybridized carbons (Fsp3) is 0.267. The van der Waals surface area contributed by atoms with Crippen LogP contribution in [0.25, 0.3) is 0 Å². The number of alkyl halides is 2. The van der Waals surface area contributed by atoms with E-state index in [-0.39, 0.29) is 5.69 Å². The maximum Gasteiger partial charge on any atom is 0.280 e. The van der Waals surface area contributed by atoms with Crippen LogP contribution in [0.1, 0.15) is 30.2 Å². The zero-order valence-corrected chi connectivity index (χ0v) is 11.4. The number of nitrogens with zero attached hydrogens (tertiary/aromatic N) is 1. The van der Waals surface area contributed by atoms with Crippen molar-refractivity contribution in [1.29, 1.82) is 0 Å². The minimum atomic E-state index is -2.65. The lowest BCUT2D eigenvalue weighted by atomic mass is 9.79. The quantitative estimate of drug-likeness (QED) is 0.911. The van der Waals surface area contributed by atoms with Crippen LogP contribution in [0, 0.1) is 5.82 Å². The van der Waals surface area contributed by atoms with Crippen LogP contribution in [0.3, 0.4) is 0 Å². The summed E-state index contributed by atoms with van der Waals surface area (Å²) in [6.45, 7) is 1.70. The molecule has 0 saturated heterocycles. The minimum Gasteiger partial charge on any atom is -0.326 e. The lowest BCUT2D eigenvalue weighted by molar-refractivity contribution is 0.146. The molecule has 0 amide bonds. The first-order chi connectivity index (χ1) is 9.85. The summed E-state index contributed by atoms with van der Waals surface area (Å²) >= 11 is 0. The Kier molecular flexibility index (Phi) is 4.29. The maximum absolute atomic E-state index is 13.1. The predicted octanol–water partition coefficient (Wildman–Crippen LogP) is 2.71. The van der Waals surface area contributed by atoms with Crippen LogP contribution >= 0.6 is 0 Å². The van der Waals surface area contributed by atoms with Crippen molar-refractivity contribution >= 4 is 0 Å². The van der Waals surface area contributed by atoms with Crippen LogP contribution in [-0.4, -0.2) is 11.0 Å². The summed E-state index contributed by atoms with van der Waals surface area (Å²) in [6.07, 6.45) is -1.36. The molecule has 6 heteroatoms. The first-order valence-corrected chi connectivity index (χ1v) is 6.40. The monoisotopic (exact) mass is 295 g/mol. The van der Waals surface area contributed by atoms with Crippen LogP contribution in [-0.2, 0) is 5.54 Å². The van der Waals surface area contributed by atoms with E-state index in [0.717, 1.165) is 0 Å². The minimum absolute atomic E-state index is 0.329. The standard InChI is InChI=1S/C15H16F3N3/c1-9(19)15(20,10-2-5-12(16)6-3-10)11-4-7-13(14(17)18)21-8-11/h2-9,14H,19-20H2,1H3. The molecule has 0 radical (unpaired) electrons. The van der Waals surface area contributed by atoms with E-state index in [4.69, 9.17) is 11.5 Å². The summed E-state index contributed by atoms with van der Waals surface area (Å²) in [5, 5.41) is 0. The molecule has 21 heavy (non-hydrogen) atoms. The number of aromatic nitrogens is 1. The van der Waals surface area contributed by atoms with Gasteiger partial charge in [0, 0.05) is 12.2 Å². The molecule has 112 valence electrons. The molecule has 4 N–H and O–H groups in total. The Morgan fingerprint density at radius 2 is 1.62 bits per heavy atom. The lowest BCUT2D eigenvalue weighted by Gasteiger charge is -2.34. The third-order valence-electron chi connectivity index (χ3n) is 3.53. The van der Waals surface area contributed by atoms with Crippen molar-refractivity contribution < 1.29 is 13.2 Å². The molecule has 2 unspecified atom stereocenters. The summed E-state index contributed by atoms with van der Waals surface area (Å²) < 4.78 is 38.2. The SMILES string of the molecule is CC(N)C(N)(c1ccc(F)cc1)c1ccc(C(F)F)nc1. The summed E-state index contributed by atoms with van der Waals surface area (Å²) in [6, 6.07) is 7.77. The molecule has 0 aliphatic carbocycles. The van der Waals surface area contributed by atoms with Crippen molar-refractivity contribution in [3.05, 3.63) is 65.2 Å². The molecule has 3 nitrogen and oxygen atoms in total. The van der Waals surface area contributed by atoms with Gasteiger partial charge in [0.25, 0.3) is 6.43 Å². The second-order valence-electron chi connectivity index (χ2n) is 4.94. The normalized spacial score (nSPS) is 15.8. The van der Waals surface area contributed by atoms with E-state index in [1.807, 2.05) is 0 Å². The fourth-order valence-corrected chi connectivity index (χ4v) is 2.20. The number of hydrogen-bond donors (Lipinski definition) is 2. The predicted molar refractivity (Wildman–Crippen MR) is 74.2 cm³/mol. The van der Waals surface area contributed by atoms with Crippen molar-refractivity contribution in [2.75, 3.05) is 0 Å². The zero-order valence-electron chi connectivity index (χ0n) is 11.4. The van der Waals surface area contributed by atoms with Crippen molar-refractivity contribution in [2.45, 2.75) is 24.9 Å². The third kappa shape index (κ3) is 2.91. The Hall–Kier alpha value is -1.92. The van der Waals surface area contributed by atoms with E-state index in [1.165, 1.54) is 42.6 Å². The first kappa shape index (κ1) is 15.5. The second-order valence-corrected chi connectivity index (χ2v) is 4.94. The van der Waals surface area contributed by atoms with Gasteiger partial charge in [-0.2, -0.15) is 0 Å². The molecule has 0 saturated carbocycles. The summed E-state index contributed by atoms with van der Waals surface area (Å²) in [4.78, 5) is 3.71. The molecule has 2 aromatic rings. The Morgan fingerprint density at radius 3 is 2.05 bits per heavy atom. The largest absolute Gasteiger partial charge is 0.326 e. The second kappa shape index (κ2) is 5.83. The van der Waals surface area contributed by atoms with Crippen LogP contribution in [0.4, 0.5) is 13.2 Å². The van der Waals surface area contributed by atoms with E-state index in [0.29, 0.717) is 11.1 Å². The van der Waals surface area contributed by atoms with Gasteiger partial charge in [0.05, 0.1) is 5.54 Å². The van der Waals surface area contributed by atoms with Gasteiger partial charge >= 0.3 is 0 Å². The lowest BCUT2D eigenvalue weighted by Crippen LogP contribution is -2.51. The van der Waals surface area contributed by atoms with Crippen molar-refractivity contribution in [3.63, 3.8) is 0 Å². The highest BCUT2D eigenvalue weighted by atomic mass is 19.3. The van der Waals surface area contributed by atoms with E-state index < -0.39 is 23.8 Å². The number of nitrogens with two attached hydrogens (primary N) is 2. The topological polar surface area (TPSA) is 64.9 Å². The summed E-state index contributed by atoms with van der Waals surface area (Å²) in [7, 11) is 0. The Bertz CT molecular complexity index is 597. The van der Waals surface area contributed by atoms with E-state index in [1.54, 1.807) is 6.92 Å². The Morgan fingerprint density at radius 1 is 1.05 bits per heavy atom. The van der Waals surface area contributed by atoms with Gasteiger partial charge in [-0.1, -0.05) is 18.2 Å². The highest BCUT2D eigenvalue weighted by Crippen LogP contribution is 2.30. The molecule has 0 spiro atoms. The van der Waals surface area contributed by atoms with Gasteiger partial charge in [-0.25, -0.2) is 13.2 Å². The average Bonchev–Trinajstić information content (AvgIpc) is 2.47. The van der Waals surface area contributed by atoms with Gasteiger partial charge in [0.15, 0.2) is 0 Å². The molecule has 0 aliphatic rings. The van der Waals surface area contributed by atoms with Gasteiger partial charge in [-0.05, 0) is 36.2 Å². The van der Waals surface area contributed by atoms with Gasteiger partial charge < -0.3 is 11.5 Å². The molecule has 2 atom stereocenters. The highest BCUT2D eigenvalue weighted by molar-refractivity contribution is 5.39. The Balaban J connectivity index is 2.49. The fourth-order valence-electron chi connectivity index (χ4n) is 2.20. The maximum atomic E-state index is 13.1. The van der Waals surface area contributed by atoms with E-state index >= 15 is 0 Å². The van der Waals surface area contributed by atoms with Crippen LogP contribution in [0.15, 0.2) is 42.6 Å². The number of halogens is 3. The van der Waals surface area contributed by atoms with Crippen LogP contribution in [0.2, 0.25) is 0 Å². The molecule has 1 aromatic heterocycles. The van der Waals surface area contributed by atoms with Crippen LogP contribution in [0.5, 0.6) is 0 Å². The zero-order chi connectivity index (χ0) is 15.6. The number of benzene rings is 1. The molecular weight excluding hydrogens is 279 g/mol. The smallest absolute Gasteiger partial charge is 0.280 e. The van der Waals surface area contributed by atoms with Gasteiger partial charge in [0.2, 0.25) is 0 Å². The number of rotatable bonds is 4. The third-order valence-corrected chi connectivity index (χ3v) is 3.53. The molecule has 0 bridgehead atoms. The number of hydrogen-bond acceptors (Lipinski definition) is 3. The van der Waals surface area contributed by atoms with Crippen molar-refractivity contribution in [1.82, 2.24) is 4.98 Å². The van der Waals surface area contributed by atoms with Gasteiger partial charge in [-0.15, -0.1) is 0 Å². The molecule has 0 aliphatic heterocycles. The van der Waals surface area contributed by atoms with Crippen LogP contribution < -0.4 is 11.5 Å².